The molecule has 0 heterocycles. The molecule has 0 saturated heterocycles. The molecule has 0 atom stereocenters. The van der Waals surface area contributed by atoms with Gasteiger partial charge in [-0.3, -0.25) is 0 Å². The second kappa shape index (κ2) is 17.4. The van der Waals surface area contributed by atoms with Crippen LogP contribution in [0.3, 0.4) is 0 Å². The first-order chi connectivity index (χ1) is 17.2. The van der Waals surface area contributed by atoms with Gasteiger partial charge in [0.15, 0.2) is 0 Å². The number of ether oxygens (including phenoxy) is 1. The largest absolute Gasteiger partial charge is 0.372 e. The highest BCUT2D eigenvalue weighted by Crippen LogP contribution is 2.30. The summed E-state index contributed by atoms with van der Waals surface area (Å²) in [5.41, 5.74) is 5.16. The third-order valence-corrected chi connectivity index (χ3v) is 6.74. The Labute approximate surface area is 216 Å². The van der Waals surface area contributed by atoms with Crippen molar-refractivity contribution in [3.05, 3.63) is 59.7 Å². The van der Waals surface area contributed by atoms with Crippen molar-refractivity contribution in [2.24, 2.45) is 0 Å². The van der Waals surface area contributed by atoms with Gasteiger partial charge >= 0.3 is 0 Å². The highest BCUT2D eigenvalue weighted by atomic mass is 16.5. The lowest BCUT2D eigenvalue weighted by molar-refractivity contribution is 0.0806. The van der Waals surface area contributed by atoms with E-state index < -0.39 is 0 Å². The maximum Gasteiger partial charge on any atom is 0.108 e. The van der Waals surface area contributed by atoms with Gasteiger partial charge in [0, 0.05) is 44.2 Å². The predicted molar refractivity (Wildman–Crippen MR) is 155 cm³/mol. The molecule has 0 unspecified atom stereocenters. The molecule has 0 aliphatic carbocycles. The van der Waals surface area contributed by atoms with Gasteiger partial charge in [-0.15, -0.1) is 0 Å². The smallest absolute Gasteiger partial charge is 0.108 e. The summed E-state index contributed by atoms with van der Waals surface area (Å²) in [4.78, 5) is 5.10. The van der Waals surface area contributed by atoms with E-state index in [1.165, 1.54) is 73.9 Å². The molecule has 0 bridgehead atoms. The summed E-state index contributed by atoms with van der Waals surface area (Å²) in [6.45, 7) is 16.6. The Balaban J connectivity index is 2.22. The van der Waals surface area contributed by atoms with Crippen LogP contribution in [0, 0.1) is 0 Å². The molecule has 35 heavy (non-hydrogen) atoms. The van der Waals surface area contributed by atoms with Crippen LogP contribution in [-0.2, 0) is 4.74 Å². The van der Waals surface area contributed by atoms with Crippen LogP contribution in [0.2, 0.25) is 0 Å². The first kappa shape index (κ1) is 29.2. The second-order valence-electron chi connectivity index (χ2n) is 9.82. The molecule has 0 aliphatic rings. The van der Waals surface area contributed by atoms with Gasteiger partial charge in [0.25, 0.3) is 0 Å². The molecule has 3 nitrogen and oxygen atoms in total. The first-order valence-electron chi connectivity index (χ1n) is 14.5. The lowest BCUT2D eigenvalue weighted by atomic mass is 10.00. The van der Waals surface area contributed by atoms with Crippen molar-refractivity contribution in [1.82, 2.24) is 0 Å². The van der Waals surface area contributed by atoms with Gasteiger partial charge in [-0.05, 0) is 67.5 Å². The molecule has 0 N–H and O–H groups in total. The predicted octanol–water partition coefficient (Wildman–Crippen LogP) is 9.02. The second-order valence-corrected chi connectivity index (χ2v) is 9.82. The highest BCUT2D eigenvalue weighted by molar-refractivity contribution is 5.51. The molecule has 0 fully saturated rings. The normalized spacial score (nSPS) is 11.3. The van der Waals surface area contributed by atoms with E-state index in [9.17, 15) is 0 Å². The van der Waals surface area contributed by atoms with E-state index >= 15 is 0 Å². The zero-order chi connectivity index (χ0) is 25.3. The zero-order valence-corrected chi connectivity index (χ0v) is 23.4. The van der Waals surface area contributed by atoms with Crippen molar-refractivity contribution in [1.29, 1.82) is 0 Å². The van der Waals surface area contributed by atoms with Crippen LogP contribution in [0.15, 0.2) is 48.5 Å². The van der Waals surface area contributed by atoms with E-state index in [1.807, 2.05) is 0 Å². The molecule has 2 aromatic rings. The molecule has 0 aliphatic heterocycles. The Morgan fingerprint density at radius 1 is 0.514 bits per heavy atom. The van der Waals surface area contributed by atoms with Gasteiger partial charge in [-0.1, -0.05) is 84.6 Å². The molecule has 2 rings (SSSR count). The number of nitrogens with zero attached hydrogens (tertiary/aromatic N) is 2. The van der Waals surface area contributed by atoms with E-state index in [4.69, 9.17) is 4.74 Å². The maximum absolute atomic E-state index is 6.40. The van der Waals surface area contributed by atoms with E-state index in [1.54, 1.807) is 0 Å². The van der Waals surface area contributed by atoms with Crippen molar-refractivity contribution < 1.29 is 4.74 Å². The van der Waals surface area contributed by atoms with Crippen LogP contribution < -0.4 is 9.80 Å². The number of unbranched alkanes of at least 4 members (excludes halogenated alkanes) is 4. The van der Waals surface area contributed by atoms with Crippen molar-refractivity contribution in [3.8, 4) is 0 Å². The summed E-state index contributed by atoms with van der Waals surface area (Å²) in [6, 6.07) is 18.3. The van der Waals surface area contributed by atoms with Crippen molar-refractivity contribution in [2.75, 3.05) is 42.6 Å². The van der Waals surface area contributed by atoms with Gasteiger partial charge in [-0.25, -0.2) is 0 Å². The Morgan fingerprint density at radius 3 is 1.14 bits per heavy atom. The van der Waals surface area contributed by atoms with Crippen LogP contribution in [0.1, 0.15) is 110 Å². The van der Waals surface area contributed by atoms with Gasteiger partial charge in [0.2, 0.25) is 0 Å². The van der Waals surface area contributed by atoms with E-state index in [2.05, 4.69) is 92.9 Å². The van der Waals surface area contributed by atoms with Gasteiger partial charge < -0.3 is 14.5 Å². The van der Waals surface area contributed by atoms with Crippen LogP contribution in [0.4, 0.5) is 11.4 Å². The zero-order valence-electron chi connectivity index (χ0n) is 23.4. The molecule has 0 amide bonds. The molecular weight excluding hydrogens is 428 g/mol. The quantitative estimate of drug-likeness (QED) is 0.199. The van der Waals surface area contributed by atoms with E-state index in [0.29, 0.717) is 0 Å². The number of anilines is 2. The topological polar surface area (TPSA) is 15.7 Å². The van der Waals surface area contributed by atoms with Gasteiger partial charge in [0.1, 0.15) is 6.10 Å². The lowest BCUT2D eigenvalue weighted by Gasteiger charge is -2.27. The van der Waals surface area contributed by atoms with Crippen molar-refractivity contribution in [3.63, 3.8) is 0 Å². The minimum atomic E-state index is -0.0162. The fourth-order valence-corrected chi connectivity index (χ4v) is 4.48. The average Bonchev–Trinajstić information content (AvgIpc) is 2.90. The molecular formula is C32H52N2O. The lowest BCUT2D eigenvalue weighted by Crippen LogP contribution is -2.25. The van der Waals surface area contributed by atoms with Crippen LogP contribution in [0.25, 0.3) is 0 Å². The number of hydrogen-bond donors (Lipinski definition) is 0. The van der Waals surface area contributed by atoms with Crippen LogP contribution in [0.5, 0.6) is 0 Å². The first-order valence-corrected chi connectivity index (χ1v) is 14.5. The molecule has 2 aromatic carbocycles. The third kappa shape index (κ3) is 9.88. The summed E-state index contributed by atoms with van der Waals surface area (Å²) in [5, 5.41) is 0. The Kier molecular flexibility index (Phi) is 14.6. The van der Waals surface area contributed by atoms with Gasteiger partial charge in [-0.2, -0.15) is 0 Å². The standard InChI is InChI=1S/C32H52N2O/c1-6-11-23-33(24-12-7-2)30-19-15-28(16-20-30)32(35-27-10-5)29-17-21-31(22-18-29)34(25-13-8-3)26-14-9-4/h15-22,32H,6-14,23-27H2,1-5H3. The minimum absolute atomic E-state index is 0.0162. The van der Waals surface area contributed by atoms with E-state index in [-0.39, 0.29) is 6.10 Å². The summed E-state index contributed by atoms with van der Waals surface area (Å²) < 4.78 is 6.40. The monoisotopic (exact) mass is 480 g/mol. The Bertz CT molecular complexity index is 692. The maximum atomic E-state index is 6.40. The number of benzene rings is 2. The Hall–Kier alpha value is -2.00. The minimum Gasteiger partial charge on any atom is -0.372 e. The fraction of sp³-hybridized carbons (Fsp3) is 0.625. The number of hydrogen-bond acceptors (Lipinski definition) is 3. The highest BCUT2D eigenvalue weighted by Gasteiger charge is 2.16. The Morgan fingerprint density at radius 2 is 0.857 bits per heavy atom. The van der Waals surface area contributed by atoms with Crippen LogP contribution in [-0.4, -0.2) is 32.8 Å². The SMILES string of the molecule is CCCCN(CCCC)c1ccc(C(OCCC)c2ccc(N(CCCC)CCCC)cc2)cc1. The van der Waals surface area contributed by atoms with E-state index in [0.717, 1.165) is 39.2 Å². The molecule has 0 radical (unpaired) electrons. The molecule has 0 spiro atoms. The summed E-state index contributed by atoms with van der Waals surface area (Å²) in [7, 11) is 0. The molecule has 0 saturated carbocycles. The molecule has 3 heteroatoms. The molecule has 196 valence electrons. The molecule has 0 aromatic heterocycles. The average molecular weight is 481 g/mol. The third-order valence-electron chi connectivity index (χ3n) is 6.74. The van der Waals surface area contributed by atoms with Crippen LogP contribution >= 0.6 is 0 Å². The number of rotatable bonds is 19. The van der Waals surface area contributed by atoms with Gasteiger partial charge in [0.05, 0.1) is 0 Å². The van der Waals surface area contributed by atoms with Crippen molar-refractivity contribution >= 4 is 11.4 Å². The summed E-state index contributed by atoms with van der Waals surface area (Å²) in [5.74, 6) is 0. The summed E-state index contributed by atoms with van der Waals surface area (Å²) >= 11 is 0. The summed E-state index contributed by atoms with van der Waals surface area (Å²) in [6.07, 6.45) is 10.9. The fourth-order valence-electron chi connectivity index (χ4n) is 4.48. The van der Waals surface area contributed by atoms with Crippen molar-refractivity contribution in [2.45, 2.75) is 98.5 Å².